The first kappa shape index (κ1) is 23.8. The zero-order valence-corrected chi connectivity index (χ0v) is 21.3. The average molecular weight is 473 g/mol. The SMILES string of the molecule is COc1cccc([C@@]23CCN(C)C[C@@]2(OC)CC[C@@H](N(C)C(=O)c2ccc4ccccc4c2)C3)c1. The van der Waals surface area contributed by atoms with Crippen molar-refractivity contribution >= 4 is 16.7 Å². The van der Waals surface area contributed by atoms with Crippen molar-refractivity contribution in [2.45, 2.75) is 42.7 Å². The van der Waals surface area contributed by atoms with E-state index in [1.54, 1.807) is 7.11 Å². The number of methoxy groups -OCH3 is 2. The van der Waals surface area contributed by atoms with Crippen LogP contribution in [0.3, 0.4) is 0 Å². The van der Waals surface area contributed by atoms with Gasteiger partial charge in [-0.1, -0.05) is 42.5 Å². The minimum absolute atomic E-state index is 0.0828. The van der Waals surface area contributed by atoms with E-state index in [9.17, 15) is 4.79 Å². The topological polar surface area (TPSA) is 42.0 Å². The number of rotatable bonds is 5. The second-order valence-electron chi connectivity index (χ2n) is 10.4. The molecule has 0 bridgehead atoms. The van der Waals surface area contributed by atoms with E-state index in [0.29, 0.717) is 0 Å². The average Bonchev–Trinajstić information content (AvgIpc) is 2.91. The predicted octanol–water partition coefficient (Wildman–Crippen LogP) is 5.13. The fraction of sp³-hybridized carbons (Fsp3) is 0.433. The number of carbonyl (C=O) groups is 1. The zero-order chi connectivity index (χ0) is 24.6. The lowest BCUT2D eigenvalue weighted by Crippen LogP contribution is -2.67. The van der Waals surface area contributed by atoms with Crippen molar-refractivity contribution in [2.75, 3.05) is 41.4 Å². The Morgan fingerprint density at radius 3 is 2.57 bits per heavy atom. The van der Waals surface area contributed by atoms with Gasteiger partial charge in [0.2, 0.25) is 0 Å². The van der Waals surface area contributed by atoms with Gasteiger partial charge in [0.15, 0.2) is 0 Å². The number of likely N-dealkylation sites (N-methyl/N-ethyl adjacent to an activating group) is 1. The summed E-state index contributed by atoms with van der Waals surface area (Å²) in [6, 6.07) is 22.8. The summed E-state index contributed by atoms with van der Waals surface area (Å²) >= 11 is 0. The summed E-state index contributed by atoms with van der Waals surface area (Å²) in [7, 11) is 7.72. The molecule has 1 saturated heterocycles. The van der Waals surface area contributed by atoms with Crippen molar-refractivity contribution < 1.29 is 14.3 Å². The summed E-state index contributed by atoms with van der Waals surface area (Å²) in [6.07, 6.45) is 3.69. The highest BCUT2D eigenvalue weighted by molar-refractivity contribution is 5.98. The van der Waals surface area contributed by atoms with Gasteiger partial charge in [0.05, 0.1) is 12.7 Å². The second kappa shape index (κ2) is 9.29. The van der Waals surface area contributed by atoms with Gasteiger partial charge in [0, 0.05) is 37.7 Å². The Hall–Kier alpha value is -2.89. The van der Waals surface area contributed by atoms with E-state index in [0.717, 1.165) is 60.9 Å². The molecule has 0 radical (unpaired) electrons. The van der Waals surface area contributed by atoms with Gasteiger partial charge in [-0.15, -0.1) is 0 Å². The van der Waals surface area contributed by atoms with Crippen LogP contribution >= 0.6 is 0 Å². The molecule has 2 fully saturated rings. The molecule has 1 saturated carbocycles. The smallest absolute Gasteiger partial charge is 0.253 e. The molecule has 3 atom stereocenters. The number of nitrogens with zero attached hydrogens (tertiary/aromatic N) is 2. The zero-order valence-electron chi connectivity index (χ0n) is 21.3. The van der Waals surface area contributed by atoms with Crippen LogP contribution in [0.1, 0.15) is 41.6 Å². The Morgan fingerprint density at radius 2 is 1.80 bits per heavy atom. The first-order chi connectivity index (χ1) is 16.9. The van der Waals surface area contributed by atoms with Gasteiger partial charge in [0.25, 0.3) is 5.91 Å². The van der Waals surface area contributed by atoms with Crippen molar-refractivity contribution in [1.82, 2.24) is 9.80 Å². The lowest BCUT2D eigenvalue weighted by Gasteiger charge is -2.60. The van der Waals surface area contributed by atoms with E-state index in [2.05, 4.69) is 42.3 Å². The molecule has 3 aromatic carbocycles. The predicted molar refractivity (Wildman–Crippen MR) is 140 cm³/mol. The van der Waals surface area contributed by atoms with Gasteiger partial charge in [0.1, 0.15) is 5.75 Å². The molecule has 1 aliphatic carbocycles. The monoisotopic (exact) mass is 472 g/mol. The number of ether oxygens (including phenoxy) is 2. The third kappa shape index (κ3) is 4.01. The molecule has 5 rings (SSSR count). The fourth-order valence-corrected chi connectivity index (χ4v) is 6.62. The van der Waals surface area contributed by atoms with Crippen LogP contribution in [0, 0.1) is 0 Å². The maximum atomic E-state index is 13.7. The van der Waals surface area contributed by atoms with Crippen LogP contribution in [0.4, 0.5) is 0 Å². The summed E-state index contributed by atoms with van der Waals surface area (Å²) < 4.78 is 12.0. The summed E-state index contributed by atoms with van der Waals surface area (Å²) in [6.45, 7) is 1.88. The third-order valence-electron chi connectivity index (χ3n) is 8.66. The first-order valence-electron chi connectivity index (χ1n) is 12.6. The number of amides is 1. The van der Waals surface area contributed by atoms with E-state index in [-0.39, 0.29) is 23.0 Å². The summed E-state index contributed by atoms with van der Waals surface area (Å²) in [4.78, 5) is 18.0. The Morgan fingerprint density at radius 1 is 1.00 bits per heavy atom. The lowest BCUT2D eigenvalue weighted by molar-refractivity contribution is -0.149. The van der Waals surface area contributed by atoms with Crippen LogP contribution < -0.4 is 4.74 Å². The number of carbonyl (C=O) groups excluding carboxylic acids is 1. The second-order valence-corrected chi connectivity index (χ2v) is 10.4. The van der Waals surface area contributed by atoms with Gasteiger partial charge in [-0.2, -0.15) is 0 Å². The third-order valence-corrected chi connectivity index (χ3v) is 8.66. The van der Waals surface area contributed by atoms with Gasteiger partial charge >= 0.3 is 0 Å². The molecule has 1 heterocycles. The van der Waals surface area contributed by atoms with Crippen LogP contribution in [0.25, 0.3) is 10.8 Å². The fourth-order valence-electron chi connectivity index (χ4n) is 6.62. The van der Waals surface area contributed by atoms with Crippen LogP contribution in [0.5, 0.6) is 5.75 Å². The van der Waals surface area contributed by atoms with Crippen molar-refractivity contribution in [3.8, 4) is 5.75 Å². The van der Waals surface area contributed by atoms with E-state index in [1.807, 2.05) is 55.5 Å². The van der Waals surface area contributed by atoms with E-state index >= 15 is 0 Å². The van der Waals surface area contributed by atoms with Crippen molar-refractivity contribution in [3.05, 3.63) is 77.9 Å². The Kier molecular flexibility index (Phi) is 6.32. The van der Waals surface area contributed by atoms with Crippen LogP contribution in [0.15, 0.2) is 66.7 Å². The minimum Gasteiger partial charge on any atom is -0.497 e. The largest absolute Gasteiger partial charge is 0.497 e. The van der Waals surface area contributed by atoms with Gasteiger partial charge < -0.3 is 19.3 Å². The number of benzene rings is 3. The highest BCUT2D eigenvalue weighted by atomic mass is 16.5. The minimum atomic E-state index is -0.296. The van der Waals surface area contributed by atoms with Crippen molar-refractivity contribution in [2.24, 2.45) is 0 Å². The van der Waals surface area contributed by atoms with Crippen LogP contribution in [-0.2, 0) is 10.2 Å². The maximum absolute atomic E-state index is 13.7. The Bertz CT molecular complexity index is 1230. The number of fused-ring (bicyclic) bond motifs is 2. The molecule has 0 unspecified atom stereocenters. The molecule has 2 aliphatic rings. The van der Waals surface area contributed by atoms with E-state index in [4.69, 9.17) is 9.47 Å². The van der Waals surface area contributed by atoms with Crippen molar-refractivity contribution in [3.63, 3.8) is 0 Å². The molecule has 35 heavy (non-hydrogen) atoms. The standard InChI is InChI=1S/C30H36N2O3/c1-31-17-16-29(25-10-7-11-27(19-25)34-3)20-26(14-15-30(29,21-31)35-4)32(2)28(33)24-13-12-22-8-5-6-9-23(22)18-24/h5-13,18-19,26H,14-17,20-21H2,1-4H3/t26-,29+,30+/m1/s1. The van der Waals surface area contributed by atoms with Crippen LogP contribution in [-0.4, -0.2) is 68.8 Å². The lowest BCUT2D eigenvalue weighted by atomic mass is 9.55. The normalized spacial score (nSPS) is 26.8. The van der Waals surface area contributed by atoms with Crippen LogP contribution in [0.2, 0.25) is 0 Å². The molecule has 1 aliphatic heterocycles. The number of hydrogen-bond acceptors (Lipinski definition) is 4. The highest BCUT2D eigenvalue weighted by Gasteiger charge is 2.59. The molecule has 5 nitrogen and oxygen atoms in total. The number of hydrogen-bond donors (Lipinski definition) is 0. The molecular formula is C30H36N2O3. The van der Waals surface area contributed by atoms with E-state index in [1.165, 1.54) is 5.56 Å². The highest BCUT2D eigenvalue weighted by Crippen LogP contribution is 2.54. The van der Waals surface area contributed by atoms with Crippen molar-refractivity contribution in [1.29, 1.82) is 0 Å². The quantitative estimate of drug-likeness (QED) is 0.516. The molecule has 0 spiro atoms. The summed E-state index contributed by atoms with van der Waals surface area (Å²) in [5, 5.41) is 2.24. The molecule has 5 heteroatoms. The molecular weight excluding hydrogens is 436 g/mol. The first-order valence-corrected chi connectivity index (χ1v) is 12.6. The Balaban J connectivity index is 1.50. The molecule has 1 amide bonds. The molecule has 3 aromatic rings. The molecule has 0 aromatic heterocycles. The Labute approximate surface area is 208 Å². The van der Waals surface area contributed by atoms with E-state index < -0.39 is 0 Å². The number of likely N-dealkylation sites (tertiary alicyclic amines) is 1. The van der Waals surface area contributed by atoms with Gasteiger partial charge in [-0.05, 0) is 79.9 Å². The van der Waals surface area contributed by atoms with Gasteiger partial charge in [-0.25, -0.2) is 0 Å². The number of piperidine rings is 1. The van der Waals surface area contributed by atoms with Gasteiger partial charge in [-0.3, -0.25) is 4.79 Å². The summed E-state index contributed by atoms with van der Waals surface area (Å²) in [5.41, 5.74) is 1.51. The summed E-state index contributed by atoms with van der Waals surface area (Å²) in [5.74, 6) is 0.947. The maximum Gasteiger partial charge on any atom is 0.253 e. The molecule has 184 valence electrons. The molecule has 0 N–H and O–H groups in total.